The van der Waals surface area contributed by atoms with E-state index in [2.05, 4.69) is 46.1 Å². The lowest BCUT2D eigenvalue weighted by Gasteiger charge is -2.30. The Morgan fingerprint density at radius 1 is 1.38 bits per heavy atom. The Labute approximate surface area is 142 Å². The molecule has 0 aromatic heterocycles. The minimum Gasteiger partial charge on any atom is -0.310 e. The maximum absolute atomic E-state index is 6.29. The van der Waals surface area contributed by atoms with Gasteiger partial charge in [0.05, 0.1) is 0 Å². The molecular weight excluding hydrogens is 348 g/mol. The van der Waals surface area contributed by atoms with E-state index in [0.717, 1.165) is 22.0 Å². The van der Waals surface area contributed by atoms with Crippen LogP contribution in [-0.4, -0.2) is 31.1 Å². The van der Waals surface area contributed by atoms with Gasteiger partial charge in [-0.1, -0.05) is 40.5 Å². The molecule has 1 heterocycles. The highest BCUT2D eigenvalue weighted by molar-refractivity contribution is 9.10. The predicted octanol–water partition coefficient (Wildman–Crippen LogP) is 4.88. The molecule has 118 valence electrons. The Morgan fingerprint density at radius 3 is 2.76 bits per heavy atom. The molecule has 2 rings (SSSR count). The number of likely N-dealkylation sites (tertiary alicyclic amines) is 1. The van der Waals surface area contributed by atoms with Crippen molar-refractivity contribution in [3.63, 3.8) is 0 Å². The number of nitrogens with one attached hydrogen (secondary N) is 1. The topological polar surface area (TPSA) is 15.3 Å². The van der Waals surface area contributed by atoms with Gasteiger partial charge in [0.15, 0.2) is 0 Å². The minimum absolute atomic E-state index is 0.298. The van der Waals surface area contributed by atoms with E-state index in [0.29, 0.717) is 6.04 Å². The Balaban J connectivity index is 1.68. The fourth-order valence-corrected chi connectivity index (χ4v) is 3.71. The molecule has 1 aromatic carbocycles. The van der Waals surface area contributed by atoms with Crippen molar-refractivity contribution in [1.29, 1.82) is 0 Å². The van der Waals surface area contributed by atoms with Crippen molar-refractivity contribution in [2.24, 2.45) is 5.92 Å². The predicted molar refractivity (Wildman–Crippen MR) is 95.0 cm³/mol. The lowest BCUT2D eigenvalue weighted by Crippen LogP contribution is -2.35. The maximum Gasteiger partial charge on any atom is 0.0464 e. The highest BCUT2D eigenvalue weighted by Gasteiger charge is 2.15. The molecule has 0 spiro atoms. The number of rotatable bonds is 6. The number of benzene rings is 1. The van der Waals surface area contributed by atoms with E-state index in [1.165, 1.54) is 44.5 Å². The van der Waals surface area contributed by atoms with Crippen molar-refractivity contribution in [1.82, 2.24) is 10.2 Å². The van der Waals surface area contributed by atoms with Crippen molar-refractivity contribution in [3.8, 4) is 0 Å². The van der Waals surface area contributed by atoms with E-state index in [9.17, 15) is 0 Å². The molecule has 1 atom stereocenters. The summed E-state index contributed by atoms with van der Waals surface area (Å²) in [4.78, 5) is 2.60. The molecule has 1 aliphatic heterocycles. The molecule has 21 heavy (non-hydrogen) atoms. The van der Waals surface area contributed by atoms with Crippen LogP contribution in [0.2, 0.25) is 5.02 Å². The lowest BCUT2D eigenvalue weighted by molar-refractivity contribution is 0.190. The Kier molecular flexibility index (Phi) is 7.00. The molecule has 1 aliphatic rings. The first-order chi connectivity index (χ1) is 10.1. The molecule has 4 heteroatoms. The molecular formula is C17H26BrClN2. The van der Waals surface area contributed by atoms with Crippen molar-refractivity contribution < 1.29 is 0 Å². The van der Waals surface area contributed by atoms with E-state index < -0.39 is 0 Å². The molecule has 0 saturated carbocycles. The van der Waals surface area contributed by atoms with Crippen LogP contribution < -0.4 is 5.32 Å². The first kappa shape index (κ1) is 17.3. The minimum atomic E-state index is 0.298. The van der Waals surface area contributed by atoms with E-state index in [1.807, 2.05) is 12.1 Å². The summed E-state index contributed by atoms with van der Waals surface area (Å²) in [5.74, 6) is 0.916. The van der Waals surface area contributed by atoms with Crippen LogP contribution >= 0.6 is 27.5 Å². The average molecular weight is 374 g/mol. The highest BCUT2D eigenvalue weighted by Crippen LogP contribution is 2.26. The van der Waals surface area contributed by atoms with E-state index >= 15 is 0 Å². The van der Waals surface area contributed by atoms with Gasteiger partial charge < -0.3 is 10.2 Å². The normalized spacial score (nSPS) is 18.9. The third kappa shape index (κ3) is 5.55. The van der Waals surface area contributed by atoms with Crippen molar-refractivity contribution in [3.05, 3.63) is 33.3 Å². The third-order valence-electron chi connectivity index (χ3n) is 4.41. The molecule has 0 radical (unpaired) electrons. The van der Waals surface area contributed by atoms with Crippen LogP contribution in [0.1, 0.15) is 44.7 Å². The summed E-state index contributed by atoms with van der Waals surface area (Å²) in [5.41, 5.74) is 1.17. The summed E-state index contributed by atoms with van der Waals surface area (Å²) in [6.07, 6.45) is 3.92. The number of hydrogen-bond acceptors (Lipinski definition) is 2. The zero-order chi connectivity index (χ0) is 15.2. The summed E-state index contributed by atoms with van der Waals surface area (Å²) in [7, 11) is 0. The van der Waals surface area contributed by atoms with Crippen LogP contribution in [0.4, 0.5) is 0 Å². The van der Waals surface area contributed by atoms with Gasteiger partial charge in [-0.05, 0) is 76.0 Å². The van der Waals surface area contributed by atoms with E-state index in [-0.39, 0.29) is 0 Å². The van der Waals surface area contributed by atoms with Crippen LogP contribution in [0.25, 0.3) is 0 Å². The average Bonchev–Trinajstić information content (AvgIpc) is 2.45. The molecule has 1 unspecified atom stereocenters. The summed E-state index contributed by atoms with van der Waals surface area (Å²) in [5, 5.41) is 4.41. The Bertz CT molecular complexity index is 444. The van der Waals surface area contributed by atoms with Gasteiger partial charge in [0.2, 0.25) is 0 Å². The fourth-order valence-electron chi connectivity index (χ4n) is 2.87. The first-order valence-electron chi connectivity index (χ1n) is 7.97. The van der Waals surface area contributed by atoms with Gasteiger partial charge in [0.25, 0.3) is 0 Å². The maximum atomic E-state index is 6.29. The van der Waals surface area contributed by atoms with Gasteiger partial charge in [0, 0.05) is 15.5 Å². The smallest absolute Gasteiger partial charge is 0.0464 e. The third-order valence-corrected chi connectivity index (χ3v) is 5.23. The van der Waals surface area contributed by atoms with E-state index in [1.54, 1.807) is 0 Å². The Hall–Kier alpha value is -0.0900. The molecule has 1 saturated heterocycles. The number of halogens is 2. The Morgan fingerprint density at radius 2 is 2.10 bits per heavy atom. The van der Waals surface area contributed by atoms with Gasteiger partial charge >= 0.3 is 0 Å². The largest absolute Gasteiger partial charge is 0.310 e. The lowest BCUT2D eigenvalue weighted by atomic mass is 9.99. The molecule has 1 fully saturated rings. The summed E-state index contributed by atoms with van der Waals surface area (Å²) >= 11 is 9.74. The van der Waals surface area contributed by atoms with E-state index in [4.69, 9.17) is 11.6 Å². The molecule has 0 amide bonds. The summed E-state index contributed by atoms with van der Waals surface area (Å²) in [6, 6.07) is 6.40. The quantitative estimate of drug-likeness (QED) is 0.715. The number of nitrogens with zero attached hydrogens (tertiary/aromatic N) is 1. The van der Waals surface area contributed by atoms with Gasteiger partial charge in [-0.15, -0.1) is 0 Å². The van der Waals surface area contributed by atoms with Gasteiger partial charge in [-0.25, -0.2) is 0 Å². The van der Waals surface area contributed by atoms with Crippen LogP contribution in [0.15, 0.2) is 22.7 Å². The zero-order valence-corrected chi connectivity index (χ0v) is 15.4. The van der Waals surface area contributed by atoms with Gasteiger partial charge in [0.1, 0.15) is 0 Å². The summed E-state index contributed by atoms with van der Waals surface area (Å²) in [6.45, 7) is 9.34. The standard InChI is InChI=1S/C17H26BrClN2/c1-13-6-10-21(11-7-13)9-3-8-20-14(2)16-5-4-15(18)12-17(16)19/h4-5,12-14,20H,3,6-11H2,1-2H3. The fraction of sp³-hybridized carbons (Fsp3) is 0.647. The highest BCUT2D eigenvalue weighted by atomic mass is 79.9. The van der Waals surface area contributed by atoms with Crippen LogP contribution in [0.5, 0.6) is 0 Å². The molecule has 0 bridgehead atoms. The van der Waals surface area contributed by atoms with Crippen molar-refractivity contribution >= 4 is 27.5 Å². The monoisotopic (exact) mass is 372 g/mol. The van der Waals surface area contributed by atoms with Gasteiger partial charge in [-0.3, -0.25) is 0 Å². The summed E-state index contributed by atoms with van der Waals surface area (Å²) < 4.78 is 1.03. The second kappa shape index (κ2) is 8.52. The molecule has 2 nitrogen and oxygen atoms in total. The van der Waals surface area contributed by atoms with Crippen molar-refractivity contribution in [2.75, 3.05) is 26.2 Å². The second-order valence-electron chi connectivity index (χ2n) is 6.22. The molecule has 0 aliphatic carbocycles. The van der Waals surface area contributed by atoms with Crippen LogP contribution in [0.3, 0.4) is 0 Å². The second-order valence-corrected chi connectivity index (χ2v) is 7.54. The van der Waals surface area contributed by atoms with Crippen LogP contribution in [0, 0.1) is 5.92 Å². The van der Waals surface area contributed by atoms with Crippen LogP contribution in [-0.2, 0) is 0 Å². The first-order valence-corrected chi connectivity index (χ1v) is 9.14. The van der Waals surface area contributed by atoms with Crippen molar-refractivity contribution in [2.45, 2.75) is 39.2 Å². The number of hydrogen-bond donors (Lipinski definition) is 1. The SMILES string of the molecule is CC1CCN(CCCNC(C)c2ccc(Br)cc2Cl)CC1. The molecule has 1 N–H and O–H groups in total. The van der Waals surface area contributed by atoms with Gasteiger partial charge in [-0.2, -0.15) is 0 Å². The number of piperidine rings is 1. The molecule has 1 aromatic rings. The zero-order valence-electron chi connectivity index (χ0n) is 13.0.